The van der Waals surface area contributed by atoms with E-state index in [1.54, 1.807) is 11.8 Å². The zero-order valence-electron chi connectivity index (χ0n) is 9.16. The molecule has 1 aromatic heterocycles. The molecule has 0 aliphatic carbocycles. The second-order valence-electron chi connectivity index (χ2n) is 3.59. The quantitative estimate of drug-likeness (QED) is 0.612. The first kappa shape index (κ1) is 11.5. The lowest BCUT2D eigenvalue weighted by molar-refractivity contribution is 0.834. The zero-order chi connectivity index (χ0) is 10.7. The van der Waals surface area contributed by atoms with Crippen molar-refractivity contribution in [1.82, 2.24) is 9.97 Å². The molecule has 0 aliphatic rings. The fourth-order valence-corrected chi connectivity index (χ4v) is 1.83. The average molecular weight is 211 g/mol. The maximum atomic E-state index is 5.67. The Labute approximate surface area is 89.5 Å². The van der Waals surface area contributed by atoms with E-state index in [2.05, 4.69) is 9.97 Å². The number of thioether (sulfide) groups is 1. The van der Waals surface area contributed by atoms with Crippen molar-refractivity contribution in [2.24, 2.45) is 5.73 Å². The maximum absolute atomic E-state index is 5.67. The van der Waals surface area contributed by atoms with Crippen LogP contribution >= 0.6 is 11.8 Å². The molecule has 1 unspecified atom stereocenters. The highest BCUT2D eigenvalue weighted by Crippen LogP contribution is 2.17. The topological polar surface area (TPSA) is 51.8 Å². The Hall–Kier alpha value is -0.610. The third kappa shape index (κ3) is 2.96. The molecule has 0 amide bonds. The van der Waals surface area contributed by atoms with E-state index in [4.69, 9.17) is 5.73 Å². The van der Waals surface area contributed by atoms with Crippen molar-refractivity contribution in [1.29, 1.82) is 0 Å². The number of hydrogen-bond acceptors (Lipinski definition) is 4. The van der Waals surface area contributed by atoms with Crippen molar-refractivity contribution in [3.63, 3.8) is 0 Å². The monoisotopic (exact) mass is 211 g/mol. The van der Waals surface area contributed by atoms with Crippen LogP contribution in [0.15, 0.2) is 5.16 Å². The Morgan fingerprint density at radius 3 is 2.14 bits per heavy atom. The lowest BCUT2D eigenvalue weighted by Gasteiger charge is -2.07. The molecule has 1 rings (SSSR count). The molecule has 2 N–H and O–H groups in total. The van der Waals surface area contributed by atoms with E-state index in [1.807, 2.05) is 27.7 Å². The summed E-state index contributed by atoms with van der Waals surface area (Å²) < 4.78 is 0. The third-order valence-electron chi connectivity index (χ3n) is 2.09. The summed E-state index contributed by atoms with van der Waals surface area (Å²) in [6, 6.07) is 0.186. The molecule has 0 aromatic carbocycles. The first-order chi connectivity index (χ1) is 6.50. The van der Waals surface area contributed by atoms with Gasteiger partial charge < -0.3 is 5.73 Å². The molecule has 1 atom stereocenters. The number of aromatic nitrogens is 2. The summed E-state index contributed by atoms with van der Waals surface area (Å²) in [7, 11) is 0. The van der Waals surface area contributed by atoms with Crippen LogP contribution in [0.3, 0.4) is 0 Å². The van der Waals surface area contributed by atoms with Crippen LogP contribution in [0, 0.1) is 20.8 Å². The van der Waals surface area contributed by atoms with E-state index < -0.39 is 0 Å². The summed E-state index contributed by atoms with van der Waals surface area (Å²) in [5.74, 6) is 0.863. The number of nitrogens with zero attached hydrogens (tertiary/aromatic N) is 2. The van der Waals surface area contributed by atoms with E-state index in [-0.39, 0.29) is 6.04 Å². The summed E-state index contributed by atoms with van der Waals surface area (Å²) in [4.78, 5) is 8.80. The van der Waals surface area contributed by atoms with Crippen LogP contribution in [-0.2, 0) is 0 Å². The van der Waals surface area contributed by atoms with Crippen LogP contribution in [-0.4, -0.2) is 21.8 Å². The Balaban J connectivity index is 2.79. The van der Waals surface area contributed by atoms with Crippen molar-refractivity contribution in [2.75, 3.05) is 5.75 Å². The normalized spacial score (nSPS) is 12.9. The molecular weight excluding hydrogens is 194 g/mol. The van der Waals surface area contributed by atoms with Gasteiger partial charge in [0.25, 0.3) is 0 Å². The van der Waals surface area contributed by atoms with Crippen LogP contribution in [0.1, 0.15) is 23.9 Å². The van der Waals surface area contributed by atoms with Crippen LogP contribution in [0.4, 0.5) is 0 Å². The highest BCUT2D eigenvalue weighted by molar-refractivity contribution is 7.99. The second-order valence-corrected chi connectivity index (χ2v) is 4.58. The second kappa shape index (κ2) is 4.75. The van der Waals surface area contributed by atoms with Crippen molar-refractivity contribution in [3.05, 3.63) is 17.0 Å². The number of rotatable bonds is 3. The van der Waals surface area contributed by atoms with E-state index in [0.717, 1.165) is 22.3 Å². The van der Waals surface area contributed by atoms with Crippen molar-refractivity contribution in [2.45, 2.75) is 38.9 Å². The van der Waals surface area contributed by atoms with Gasteiger partial charge in [-0.05, 0) is 33.3 Å². The summed E-state index contributed by atoms with van der Waals surface area (Å²) >= 11 is 1.62. The minimum atomic E-state index is 0.186. The average Bonchev–Trinajstić information content (AvgIpc) is 2.10. The van der Waals surface area contributed by atoms with E-state index in [9.17, 15) is 0 Å². The van der Waals surface area contributed by atoms with Crippen molar-refractivity contribution >= 4 is 11.8 Å². The number of aryl methyl sites for hydroxylation is 2. The fraction of sp³-hybridized carbons (Fsp3) is 0.600. The van der Waals surface area contributed by atoms with Gasteiger partial charge in [-0.1, -0.05) is 11.8 Å². The van der Waals surface area contributed by atoms with Crippen LogP contribution in [0.25, 0.3) is 0 Å². The molecule has 3 nitrogen and oxygen atoms in total. The molecule has 14 heavy (non-hydrogen) atoms. The molecular formula is C10H17N3S. The lowest BCUT2D eigenvalue weighted by Crippen LogP contribution is -2.17. The molecule has 0 spiro atoms. The summed E-state index contributed by atoms with van der Waals surface area (Å²) in [6.07, 6.45) is 0. The van der Waals surface area contributed by atoms with E-state index >= 15 is 0 Å². The van der Waals surface area contributed by atoms with E-state index in [0.29, 0.717) is 0 Å². The predicted molar refractivity (Wildman–Crippen MR) is 60.6 cm³/mol. The van der Waals surface area contributed by atoms with Gasteiger partial charge in [-0.3, -0.25) is 0 Å². The Kier molecular flexibility index (Phi) is 3.89. The molecule has 78 valence electrons. The lowest BCUT2D eigenvalue weighted by atomic mass is 10.2. The summed E-state index contributed by atoms with van der Waals surface area (Å²) in [5, 5.41) is 0.836. The van der Waals surface area contributed by atoms with Gasteiger partial charge in [-0.15, -0.1) is 0 Å². The minimum Gasteiger partial charge on any atom is -0.327 e. The van der Waals surface area contributed by atoms with Crippen molar-refractivity contribution in [3.8, 4) is 0 Å². The zero-order valence-corrected chi connectivity index (χ0v) is 9.98. The highest BCUT2D eigenvalue weighted by atomic mass is 32.2. The number of hydrogen-bond donors (Lipinski definition) is 1. The van der Waals surface area contributed by atoms with Crippen LogP contribution < -0.4 is 5.73 Å². The van der Waals surface area contributed by atoms with Gasteiger partial charge >= 0.3 is 0 Å². The molecule has 0 saturated carbocycles. The third-order valence-corrected chi connectivity index (χ3v) is 3.22. The van der Waals surface area contributed by atoms with E-state index in [1.165, 1.54) is 5.56 Å². The van der Waals surface area contributed by atoms with Crippen LogP contribution in [0.2, 0.25) is 0 Å². The molecule has 1 aromatic rings. The minimum absolute atomic E-state index is 0.186. The van der Waals surface area contributed by atoms with Gasteiger partial charge in [0.2, 0.25) is 0 Å². The Morgan fingerprint density at radius 2 is 1.71 bits per heavy atom. The SMILES string of the molecule is Cc1nc(SCC(C)N)nc(C)c1C. The predicted octanol–water partition coefficient (Wildman–Crippen LogP) is 1.84. The van der Waals surface area contributed by atoms with Crippen molar-refractivity contribution < 1.29 is 0 Å². The molecule has 0 radical (unpaired) electrons. The van der Waals surface area contributed by atoms with Gasteiger partial charge in [0.1, 0.15) is 0 Å². The summed E-state index contributed by atoms with van der Waals surface area (Å²) in [6.45, 7) is 8.06. The van der Waals surface area contributed by atoms with Gasteiger partial charge in [0.05, 0.1) is 0 Å². The first-order valence-electron chi connectivity index (χ1n) is 4.71. The molecule has 1 heterocycles. The standard InChI is InChI=1S/C10H17N3S/c1-6(11)5-14-10-12-8(3)7(2)9(4)13-10/h6H,5,11H2,1-4H3. The molecule has 4 heteroatoms. The van der Waals surface area contributed by atoms with Gasteiger partial charge in [0, 0.05) is 23.2 Å². The smallest absolute Gasteiger partial charge is 0.188 e. The first-order valence-corrected chi connectivity index (χ1v) is 5.69. The molecule has 0 bridgehead atoms. The maximum Gasteiger partial charge on any atom is 0.188 e. The van der Waals surface area contributed by atoms with Gasteiger partial charge in [-0.2, -0.15) is 0 Å². The summed E-state index contributed by atoms with van der Waals surface area (Å²) in [5.41, 5.74) is 8.97. The molecule has 0 aliphatic heterocycles. The molecule has 0 fully saturated rings. The largest absolute Gasteiger partial charge is 0.327 e. The highest BCUT2D eigenvalue weighted by Gasteiger charge is 2.05. The Morgan fingerprint density at radius 1 is 1.21 bits per heavy atom. The van der Waals surface area contributed by atoms with Gasteiger partial charge in [0.15, 0.2) is 5.16 Å². The Bertz CT molecular complexity index is 300. The molecule has 0 saturated heterocycles. The fourth-order valence-electron chi connectivity index (χ4n) is 1.01. The van der Waals surface area contributed by atoms with Gasteiger partial charge in [-0.25, -0.2) is 9.97 Å². The number of nitrogens with two attached hydrogens (primary N) is 1. The van der Waals surface area contributed by atoms with Crippen LogP contribution in [0.5, 0.6) is 0 Å².